The van der Waals surface area contributed by atoms with Crippen LogP contribution in [-0.4, -0.2) is 32.7 Å². The van der Waals surface area contributed by atoms with Gasteiger partial charge in [0.15, 0.2) is 0 Å². The fourth-order valence-corrected chi connectivity index (χ4v) is 4.39. The number of aryl methyl sites for hydroxylation is 1. The highest BCUT2D eigenvalue weighted by molar-refractivity contribution is 7.20. The molecule has 2 aromatic heterocycles. The van der Waals surface area contributed by atoms with E-state index in [1.54, 1.807) is 12.1 Å². The molecule has 0 atom stereocenters. The van der Waals surface area contributed by atoms with E-state index >= 15 is 0 Å². The van der Waals surface area contributed by atoms with Gasteiger partial charge in [0.05, 0.1) is 17.1 Å². The van der Waals surface area contributed by atoms with Crippen molar-refractivity contribution in [2.24, 2.45) is 0 Å². The first-order valence-electron chi connectivity index (χ1n) is 8.82. The maximum atomic E-state index is 13.1. The predicted molar refractivity (Wildman–Crippen MR) is 104 cm³/mol. The summed E-state index contributed by atoms with van der Waals surface area (Å²) in [5, 5.41) is 5.60. The fourth-order valence-electron chi connectivity index (χ4n) is 3.28. The molecule has 1 amide bonds. The molecule has 26 heavy (non-hydrogen) atoms. The van der Waals surface area contributed by atoms with Gasteiger partial charge in [0.2, 0.25) is 0 Å². The normalized spacial score (nSPS) is 11.7. The Morgan fingerprint density at radius 1 is 1.19 bits per heavy atom. The van der Waals surface area contributed by atoms with Gasteiger partial charge < -0.3 is 4.90 Å². The van der Waals surface area contributed by atoms with E-state index < -0.39 is 0 Å². The van der Waals surface area contributed by atoms with Crippen molar-refractivity contribution < 1.29 is 9.18 Å². The molecular formula is C20H24FN3OS. The van der Waals surface area contributed by atoms with Gasteiger partial charge in [0.25, 0.3) is 5.91 Å². The lowest BCUT2D eigenvalue weighted by atomic mass is 10.2. The first-order chi connectivity index (χ1) is 12.3. The number of carbonyl (C=O) groups excluding carboxylic acids is 1. The highest BCUT2D eigenvalue weighted by atomic mass is 32.1. The maximum absolute atomic E-state index is 13.1. The number of amides is 1. The summed E-state index contributed by atoms with van der Waals surface area (Å²) in [6.07, 6.45) is 0. The van der Waals surface area contributed by atoms with Crippen molar-refractivity contribution in [1.29, 1.82) is 0 Å². The molecule has 0 aliphatic carbocycles. The minimum Gasteiger partial charge on any atom is -0.333 e. The van der Waals surface area contributed by atoms with Gasteiger partial charge in [-0.25, -0.2) is 4.39 Å². The second kappa shape index (κ2) is 7.19. The molecule has 0 fully saturated rings. The Morgan fingerprint density at radius 2 is 1.81 bits per heavy atom. The molecule has 2 heterocycles. The number of carbonyl (C=O) groups is 1. The highest BCUT2D eigenvalue weighted by Crippen LogP contribution is 2.30. The number of nitrogens with zero attached hydrogens (tertiary/aromatic N) is 3. The first kappa shape index (κ1) is 18.6. The van der Waals surface area contributed by atoms with Gasteiger partial charge in [-0.15, -0.1) is 11.3 Å². The third-order valence-corrected chi connectivity index (χ3v) is 5.55. The monoisotopic (exact) mass is 373 g/mol. The largest absolute Gasteiger partial charge is 0.333 e. The molecular weight excluding hydrogens is 349 g/mol. The average molecular weight is 373 g/mol. The van der Waals surface area contributed by atoms with Crippen LogP contribution in [-0.2, 0) is 6.54 Å². The van der Waals surface area contributed by atoms with E-state index in [-0.39, 0.29) is 23.8 Å². The van der Waals surface area contributed by atoms with Crippen molar-refractivity contribution in [1.82, 2.24) is 14.7 Å². The molecule has 0 N–H and O–H groups in total. The third-order valence-electron chi connectivity index (χ3n) is 4.41. The van der Waals surface area contributed by atoms with Crippen LogP contribution in [0, 0.1) is 12.7 Å². The molecule has 3 rings (SSSR count). The van der Waals surface area contributed by atoms with Crippen LogP contribution in [0.15, 0.2) is 30.3 Å². The zero-order valence-corrected chi connectivity index (χ0v) is 16.6. The van der Waals surface area contributed by atoms with Gasteiger partial charge in [0, 0.05) is 17.5 Å². The van der Waals surface area contributed by atoms with E-state index in [0.717, 1.165) is 26.4 Å². The topological polar surface area (TPSA) is 38.1 Å². The van der Waals surface area contributed by atoms with Crippen molar-refractivity contribution in [2.45, 2.75) is 53.2 Å². The molecule has 0 saturated carbocycles. The predicted octanol–water partition coefficient (Wildman–Crippen LogP) is 4.85. The van der Waals surface area contributed by atoms with Crippen molar-refractivity contribution in [2.75, 3.05) is 0 Å². The smallest absolute Gasteiger partial charge is 0.264 e. The molecule has 0 radical (unpaired) electrons. The van der Waals surface area contributed by atoms with Crippen LogP contribution in [0.25, 0.3) is 10.2 Å². The number of hydrogen-bond donors (Lipinski definition) is 0. The maximum Gasteiger partial charge on any atom is 0.264 e. The molecule has 0 saturated heterocycles. The number of hydrogen-bond acceptors (Lipinski definition) is 3. The van der Waals surface area contributed by atoms with Gasteiger partial charge in [-0.05, 0) is 58.4 Å². The Morgan fingerprint density at radius 3 is 2.38 bits per heavy atom. The second-order valence-electron chi connectivity index (χ2n) is 7.10. The van der Waals surface area contributed by atoms with Gasteiger partial charge in [-0.2, -0.15) is 5.10 Å². The van der Waals surface area contributed by atoms with Crippen LogP contribution in [0.4, 0.5) is 4.39 Å². The van der Waals surface area contributed by atoms with Gasteiger partial charge in [-0.1, -0.05) is 12.1 Å². The summed E-state index contributed by atoms with van der Waals surface area (Å²) in [6.45, 7) is 10.6. The number of thiophene rings is 1. The summed E-state index contributed by atoms with van der Waals surface area (Å²) in [4.78, 5) is 16.6. The molecule has 6 heteroatoms. The summed E-state index contributed by atoms with van der Waals surface area (Å²) in [5.41, 5.74) is 1.88. The number of fused-ring (bicyclic) bond motifs is 1. The van der Waals surface area contributed by atoms with Gasteiger partial charge in [-0.3, -0.25) is 9.48 Å². The number of aromatic nitrogens is 2. The van der Waals surface area contributed by atoms with E-state index in [0.29, 0.717) is 6.54 Å². The van der Waals surface area contributed by atoms with Crippen LogP contribution in [0.1, 0.15) is 48.6 Å². The van der Waals surface area contributed by atoms with Crippen molar-refractivity contribution in [3.05, 3.63) is 52.3 Å². The van der Waals surface area contributed by atoms with E-state index in [9.17, 15) is 9.18 Å². The van der Waals surface area contributed by atoms with Gasteiger partial charge in [0.1, 0.15) is 10.6 Å². The minimum atomic E-state index is -0.248. The summed E-state index contributed by atoms with van der Waals surface area (Å²) in [7, 11) is 0. The highest BCUT2D eigenvalue weighted by Gasteiger charge is 2.24. The summed E-state index contributed by atoms with van der Waals surface area (Å²) < 4.78 is 15.0. The Kier molecular flexibility index (Phi) is 5.14. The molecule has 0 spiro atoms. The zero-order chi connectivity index (χ0) is 19.0. The third kappa shape index (κ3) is 3.51. The van der Waals surface area contributed by atoms with E-state index in [2.05, 4.69) is 5.10 Å². The molecule has 0 bridgehead atoms. The molecule has 1 aromatic carbocycles. The number of rotatable bonds is 5. The Balaban J connectivity index is 1.96. The lowest BCUT2D eigenvalue weighted by Crippen LogP contribution is -2.41. The van der Waals surface area contributed by atoms with Crippen LogP contribution >= 0.6 is 11.3 Å². The standard InChI is InChI=1S/C20H24FN3OS/c1-12(2)24(13(3)4)19(25)18-10-17-14(5)22-23(20(17)26-18)11-15-6-8-16(21)9-7-15/h6-10,12-13H,11H2,1-5H3. The molecule has 3 aromatic rings. The quantitative estimate of drug-likeness (QED) is 0.641. The summed E-state index contributed by atoms with van der Waals surface area (Å²) in [6, 6.07) is 8.66. The SMILES string of the molecule is Cc1nn(Cc2ccc(F)cc2)c2sc(C(=O)N(C(C)C)C(C)C)cc12. The van der Waals surface area contributed by atoms with Crippen LogP contribution in [0.5, 0.6) is 0 Å². The van der Waals surface area contributed by atoms with Crippen molar-refractivity contribution in [3.63, 3.8) is 0 Å². The van der Waals surface area contributed by atoms with Crippen LogP contribution in [0.2, 0.25) is 0 Å². The zero-order valence-electron chi connectivity index (χ0n) is 15.8. The Labute approximate surface area is 157 Å². The average Bonchev–Trinajstić information content (AvgIpc) is 3.11. The number of halogens is 1. The van der Waals surface area contributed by atoms with Crippen molar-refractivity contribution >= 4 is 27.5 Å². The van der Waals surface area contributed by atoms with Crippen LogP contribution in [0.3, 0.4) is 0 Å². The fraction of sp³-hybridized carbons (Fsp3) is 0.400. The number of benzene rings is 1. The molecule has 0 aliphatic heterocycles. The molecule has 4 nitrogen and oxygen atoms in total. The Bertz CT molecular complexity index is 917. The molecule has 138 valence electrons. The second-order valence-corrected chi connectivity index (χ2v) is 8.13. The van der Waals surface area contributed by atoms with Crippen molar-refractivity contribution in [3.8, 4) is 0 Å². The Hall–Kier alpha value is -2.21. The summed E-state index contributed by atoms with van der Waals surface area (Å²) >= 11 is 1.47. The van der Waals surface area contributed by atoms with Gasteiger partial charge >= 0.3 is 0 Å². The van der Waals surface area contributed by atoms with E-state index in [1.807, 2.05) is 50.3 Å². The van der Waals surface area contributed by atoms with E-state index in [1.165, 1.54) is 23.5 Å². The first-order valence-corrected chi connectivity index (χ1v) is 9.63. The molecule has 0 aliphatic rings. The van der Waals surface area contributed by atoms with Crippen LogP contribution < -0.4 is 0 Å². The minimum absolute atomic E-state index is 0.0592. The lowest BCUT2D eigenvalue weighted by Gasteiger charge is -2.30. The summed E-state index contributed by atoms with van der Waals surface area (Å²) in [5.74, 6) is -0.189. The lowest BCUT2D eigenvalue weighted by molar-refractivity contribution is 0.0649. The molecule has 0 unspecified atom stereocenters. The van der Waals surface area contributed by atoms with E-state index in [4.69, 9.17) is 0 Å².